The molecule has 132 valence electrons. The molecule has 1 saturated carbocycles. The standard InChI is InChI=1S/C17H23NO5S/c19-16(20)14-5-3-4-13(10-14)12-24(21,22)18-11-15-6-9-17(23-15)7-1-2-8-17/h3-5,10,15,18H,1-2,6-9,11-12H2,(H,19,20). The van der Waals surface area contributed by atoms with Crippen molar-refractivity contribution in [3.8, 4) is 0 Å². The van der Waals surface area contributed by atoms with E-state index in [-0.39, 0.29) is 29.6 Å². The van der Waals surface area contributed by atoms with Crippen LogP contribution in [0.3, 0.4) is 0 Å². The lowest BCUT2D eigenvalue weighted by Gasteiger charge is -2.23. The van der Waals surface area contributed by atoms with Crippen molar-refractivity contribution in [1.29, 1.82) is 0 Å². The number of rotatable bonds is 6. The summed E-state index contributed by atoms with van der Waals surface area (Å²) in [6, 6.07) is 6.00. The molecule has 6 nitrogen and oxygen atoms in total. The van der Waals surface area contributed by atoms with Gasteiger partial charge in [-0.3, -0.25) is 0 Å². The van der Waals surface area contributed by atoms with Gasteiger partial charge in [0.25, 0.3) is 0 Å². The Hall–Kier alpha value is -1.44. The van der Waals surface area contributed by atoms with Gasteiger partial charge in [-0.25, -0.2) is 17.9 Å². The number of ether oxygens (including phenoxy) is 1. The number of carboxylic acid groups (broad SMARTS) is 1. The van der Waals surface area contributed by atoms with E-state index >= 15 is 0 Å². The molecule has 24 heavy (non-hydrogen) atoms. The average Bonchev–Trinajstić information content (AvgIpc) is 3.15. The van der Waals surface area contributed by atoms with Gasteiger partial charge in [0, 0.05) is 6.54 Å². The number of hydrogen-bond donors (Lipinski definition) is 2. The van der Waals surface area contributed by atoms with E-state index in [1.165, 1.54) is 25.0 Å². The van der Waals surface area contributed by atoms with Gasteiger partial charge in [-0.05, 0) is 43.4 Å². The van der Waals surface area contributed by atoms with Crippen LogP contribution in [0.5, 0.6) is 0 Å². The van der Waals surface area contributed by atoms with Crippen molar-refractivity contribution in [3.05, 3.63) is 35.4 Å². The molecule has 1 saturated heterocycles. The summed E-state index contributed by atoms with van der Waals surface area (Å²) in [5.74, 6) is -1.30. The predicted octanol–water partition coefficient (Wildman–Crippen LogP) is 2.30. The molecule has 7 heteroatoms. The number of benzene rings is 1. The molecule has 2 N–H and O–H groups in total. The van der Waals surface area contributed by atoms with Crippen molar-refractivity contribution in [2.24, 2.45) is 0 Å². The van der Waals surface area contributed by atoms with Gasteiger partial charge >= 0.3 is 5.97 Å². The second kappa shape index (κ2) is 6.82. The van der Waals surface area contributed by atoms with Gasteiger partial charge in [-0.1, -0.05) is 25.0 Å². The Bertz CT molecular complexity index is 709. The van der Waals surface area contributed by atoms with Gasteiger partial charge < -0.3 is 9.84 Å². The summed E-state index contributed by atoms with van der Waals surface area (Å²) in [5.41, 5.74) is 0.540. The van der Waals surface area contributed by atoms with Crippen LogP contribution in [0.4, 0.5) is 0 Å². The van der Waals surface area contributed by atoms with Crippen LogP contribution in [0, 0.1) is 0 Å². The molecular weight excluding hydrogens is 330 g/mol. The highest BCUT2D eigenvalue weighted by molar-refractivity contribution is 7.88. The van der Waals surface area contributed by atoms with Crippen molar-refractivity contribution >= 4 is 16.0 Å². The lowest BCUT2D eigenvalue weighted by Crippen LogP contribution is -2.35. The van der Waals surface area contributed by atoms with Gasteiger partial charge in [0.2, 0.25) is 10.0 Å². The van der Waals surface area contributed by atoms with E-state index in [9.17, 15) is 13.2 Å². The first-order valence-electron chi connectivity index (χ1n) is 8.35. The number of carbonyl (C=O) groups is 1. The van der Waals surface area contributed by atoms with Gasteiger partial charge in [0.1, 0.15) is 0 Å². The average molecular weight is 353 g/mol. The van der Waals surface area contributed by atoms with Gasteiger partial charge in [-0.2, -0.15) is 0 Å². The van der Waals surface area contributed by atoms with Crippen molar-refractivity contribution in [2.45, 2.75) is 56.0 Å². The van der Waals surface area contributed by atoms with E-state index in [2.05, 4.69) is 4.72 Å². The van der Waals surface area contributed by atoms with Crippen molar-refractivity contribution in [2.75, 3.05) is 6.54 Å². The zero-order chi connectivity index (χ0) is 17.2. The minimum absolute atomic E-state index is 0.00801. The molecule has 1 aromatic rings. The van der Waals surface area contributed by atoms with Crippen LogP contribution in [-0.4, -0.2) is 37.7 Å². The van der Waals surface area contributed by atoms with E-state index < -0.39 is 16.0 Å². The number of nitrogens with one attached hydrogen (secondary N) is 1. The zero-order valence-corrected chi connectivity index (χ0v) is 14.3. The minimum Gasteiger partial charge on any atom is -0.478 e. The van der Waals surface area contributed by atoms with Crippen molar-refractivity contribution < 1.29 is 23.1 Å². The molecule has 1 heterocycles. The Morgan fingerprint density at radius 2 is 2.04 bits per heavy atom. The molecule has 1 unspecified atom stereocenters. The number of aromatic carboxylic acids is 1. The smallest absolute Gasteiger partial charge is 0.335 e. The molecule has 0 radical (unpaired) electrons. The Morgan fingerprint density at radius 3 is 2.75 bits per heavy atom. The lowest BCUT2D eigenvalue weighted by molar-refractivity contribution is -0.0334. The first-order chi connectivity index (χ1) is 11.4. The van der Waals surface area contributed by atoms with E-state index in [1.807, 2.05) is 0 Å². The Kier molecular flexibility index (Phi) is 4.94. The summed E-state index contributed by atoms with van der Waals surface area (Å²) in [7, 11) is -3.52. The van der Waals surface area contributed by atoms with E-state index in [0.717, 1.165) is 25.7 Å². The quantitative estimate of drug-likeness (QED) is 0.818. The summed E-state index contributed by atoms with van der Waals surface area (Å²) >= 11 is 0. The van der Waals surface area contributed by atoms with Crippen LogP contribution in [0.25, 0.3) is 0 Å². The monoisotopic (exact) mass is 353 g/mol. The van der Waals surface area contributed by atoms with Crippen molar-refractivity contribution in [1.82, 2.24) is 4.72 Å². The molecule has 0 amide bonds. The number of carboxylic acids is 1. The van der Waals surface area contributed by atoms with Crippen LogP contribution >= 0.6 is 0 Å². The molecular formula is C17H23NO5S. The summed E-state index contributed by atoms with van der Waals surface area (Å²) in [5, 5.41) is 8.97. The molecule has 1 aliphatic carbocycles. The molecule has 1 atom stereocenters. The SMILES string of the molecule is O=C(O)c1cccc(CS(=O)(=O)NCC2CCC3(CCCC3)O2)c1. The number of hydrogen-bond acceptors (Lipinski definition) is 4. The molecule has 1 aromatic carbocycles. The maximum Gasteiger partial charge on any atom is 0.335 e. The van der Waals surface area contributed by atoms with E-state index in [1.54, 1.807) is 12.1 Å². The largest absolute Gasteiger partial charge is 0.478 e. The zero-order valence-electron chi connectivity index (χ0n) is 13.5. The molecule has 2 aliphatic rings. The highest BCUT2D eigenvalue weighted by atomic mass is 32.2. The topological polar surface area (TPSA) is 92.7 Å². The fourth-order valence-corrected chi connectivity index (χ4v) is 4.87. The summed E-state index contributed by atoms with van der Waals surface area (Å²) < 4.78 is 33.2. The van der Waals surface area contributed by atoms with Crippen LogP contribution in [0.2, 0.25) is 0 Å². The maximum absolute atomic E-state index is 12.2. The normalized spacial score (nSPS) is 22.9. The summed E-state index contributed by atoms with van der Waals surface area (Å²) in [6.45, 7) is 0.280. The first kappa shape index (κ1) is 17.4. The second-order valence-corrected chi connectivity index (χ2v) is 8.59. The lowest BCUT2D eigenvalue weighted by atomic mass is 9.98. The Morgan fingerprint density at radius 1 is 1.29 bits per heavy atom. The van der Waals surface area contributed by atoms with Crippen LogP contribution < -0.4 is 4.72 Å². The second-order valence-electron chi connectivity index (χ2n) is 6.78. The fourth-order valence-electron chi connectivity index (χ4n) is 3.71. The molecule has 0 aromatic heterocycles. The summed E-state index contributed by atoms with van der Waals surface area (Å²) in [4.78, 5) is 11.0. The van der Waals surface area contributed by atoms with Crippen molar-refractivity contribution in [3.63, 3.8) is 0 Å². The van der Waals surface area contributed by atoms with Crippen LogP contribution in [0.15, 0.2) is 24.3 Å². The third-order valence-corrected chi connectivity index (χ3v) is 6.23. The first-order valence-corrected chi connectivity index (χ1v) is 10.0. The molecule has 0 bridgehead atoms. The van der Waals surface area contributed by atoms with Gasteiger partial charge in [0.05, 0.1) is 23.0 Å². The highest BCUT2D eigenvalue weighted by Crippen LogP contribution is 2.43. The highest BCUT2D eigenvalue weighted by Gasteiger charge is 2.42. The fraction of sp³-hybridized carbons (Fsp3) is 0.588. The summed E-state index contributed by atoms with van der Waals surface area (Å²) in [6.07, 6.45) is 6.38. The molecule has 3 rings (SSSR count). The van der Waals surface area contributed by atoms with E-state index in [0.29, 0.717) is 5.56 Å². The molecule has 1 aliphatic heterocycles. The van der Waals surface area contributed by atoms with Gasteiger partial charge in [0.15, 0.2) is 0 Å². The third kappa shape index (κ3) is 4.15. The Labute approximate surface area is 142 Å². The van der Waals surface area contributed by atoms with Gasteiger partial charge in [-0.15, -0.1) is 0 Å². The predicted molar refractivity (Wildman–Crippen MR) is 89.3 cm³/mol. The third-order valence-electron chi connectivity index (χ3n) is 4.91. The number of sulfonamides is 1. The molecule has 1 spiro atoms. The molecule has 2 fully saturated rings. The Balaban J connectivity index is 1.55. The van der Waals surface area contributed by atoms with E-state index in [4.69, 9.17) is 9.84 Å². The minimum atomic E-state index is -3.52. The maximum atomic E-state index is 12.2. The van der Waals surface area contributed by atoms with Crippen LogP contribution in [-0.2, 0) is 20.5 Å². The van der Waals surface area contributed by atoms with Crippen LogP contribution in [0.1, 0.15) is 54.4 Å².